The van der Waals surface area contributed by atoms with Gasteiger partial charge in [0, 0.05) is 16.8 Å². The summed E-state index contributed by atoms with van der Waals surface area (Å²) in [5.41, 5.74) is 3.12. The van der Waals surface area contributed by atoms with Gasteiger partial charge in [0.25, 0.3) is 5.91 Å². The van der Waals surface area contributed by atoms with E-state index in [1.54, 1.807) is 24.3 Å². The van der Waals surface area contributed by atoms with Gasteiger partial charge in [-0.2, -0.15) is 5.10 Å². The molecule has 0 radical (unpaired) electrons. The summed E-state index contributed by atoms with van der Waals surface area (Å²) in [4.78, 5) is 11.8. The van der Waals surface area contributed by atoms with E-state index in [-0.39, 0.29) is 5.91 Å². The molecule has 0 aliphatic heterocycles. The average Bonchev–Trinajstić information content (AvgIpc) is 3.01. The first-order valence-corrected chi connectivity index (χ1v) is 7.19. The summed E-state index contributed by atoms with van der Waals surface area (Å²) in [6.07, 6.45) is 7.21. The Kier molecular flexibility index (Phi) is 3.56. The van der Waals surface area contributed by atoms with E-state index in [1.165, 1.54) is 25.7 Å². The first-order chi connectivity index (χ1) is 9.22. The third-order valence-electron chi connectivity index (χ3n) is 4.31. The van der Waals surface area contributed by atoms with Crippen LogP contribution in [0.3, 0.4) is 0 Å². The van der Waals surface area contributed by atoms with Crippen LogP contribution >= 0.6 is 11.6 Å². The zero-order chi connectivity index (χ0) is 13.2. The monoisotopic (exact) mass is 276 g/mol. The molecule has 100 valence electrons. The lowest BCUT2D eigenvalue weighted by atomic mass is 9.90. The Bertz CT molecular complexity index is 515. The van der Waals surface area contributed by atoms with Gasteiger partial charge in [-0.3, -0.25) is 4.79 Å². The van der Waals surface area contributed by atoms with Gasteiger partial charge in [0.1, 0.15) is 0 Å². The predicted molar refractivity (Wildman–Crippen MR) is 76.3 cm³/mol. The molecule has 4 heteroatoms. The molecule has 2 saturated carbocycles. The molecular formula is C15H17ClN2O. The van der Waals surface area contributed by atoms with Crippen LogP contribution in [0.1, 0.15) is 36.0 Å². The van der Waals surface area contributed by atoms with E-state index in [9.17, 15) is 4.79 Å². The van der Waals surface area contributed by atoms with Crippen molar-refractivity contribution in [1.29, 1.82) is 0 Å². The number of benzene rings is 1. The molecule has 1 N–H and O–H groups in total. The number of hydrogen-bond donors (Lipinski definition) is 1. The van der Waals surface area contributed by atoms with E-state index in [0.717, 1.165) is 11.8 Å². The van der Waals surface area contributed by atoms with E-state index < -0.39 is 0 Å². The molecule has 1 amide bonds. The lowest BCUT2D eigenvalue weighted by Crippen LogP contribution is -2.20. The summed E-state index contributed by atoms with van der Waals surface area (Å²) in [6, 6.07) is 6.88. The van der Waals surface area contributed by atoms with Crippen molar-refractivity contribution in [2.45, 2.75) is 25.7 Å². The Morgan fingerprint density at radius 1 is 1.37 bits per heavy atom. The average molecular weight is 277 g/mol. The minimum atomic E-state index is -0.207. The fourth-order valence-corrected chi connectivity index (χ4v) is 3.55. The molecule has 1 aromatic rings. The maximum Gasteiger partial charge on any atom is 0.271 e. The van der Waals surface area contributed by atoms with Gasteiger partial charge in [-0.05, 0) is 55.2 Å². The van der Waals surface area contributed by atoms with E-state index in [0.29, 0.717) is 16.5 Å². The van der Waals surface area contributed by atoms with Crippen LogP contribution < -0.4 is 5.43 Å². The highest BCUT2D eigenvalue weighted by Gasteiger charge is 2.38. The predicted octanol–water partition coefficient (Wildman–Crippen LogP) is 3.49. The lowest BCUT2D eigenvalue weighted by Gasteiger charge is -2.16. The minimum Gasteiger partial charge on any atom is -0.267 e. The molecule has 3 atom stereocenters. The molecule has 1 aromatic carbocycles. The molecule has 2 aliphatic rings. The van der Waals surface area contributed by atoms with Gasteiger partial charge in [-0.25, -0.2) is 5.43 Å². The SMILES string of the molecule is O=C(NN=CC1CC2CCC1C2)c1cccc(Cl)c1. The van der Waals surface area contributed by atoms with Crippen molar-refractivity contribution >= 4 is 23.7 Å². The fourth-order valence-electron chi connectivity index (χ4n) is 3.36. The number of nitrogens with zero attached hydrogens (tertiary/aromatic N) is 1. The summed E-state index contributed by atoms with van der Waals surface area (Å²) >= 11 is 5.85. The van der Waals surface area contributed by atoms with Crippen molar-refractivity contribution in [2.24, 2.45) is 22.9 Å². The Morgan fingerprint density at radius 3 is 2.95 bits per heavy atom. The highest BCUT2D eigenvalue weighted by atomic mass is 35.5. The van der Waals surface area contributed by atoms with E-state index in [2.05, 4.69) is 10.5 Å². The Morgan fingerprint density at radius 2 is 2.26 bits per heavy atom. The van der Waals surface area contributed by atoms with Crippen LogP contribution in [0.2, 0.25) is 5.02 Å². The number of fused-ring (bicyclic) bond motifs is 2. The molecule has 0 aromatic heterocycles. The van der Waals surface area contributed by atoms with Crippen molar-refractivity contribution in [3.63, 3.8) is 0 Å². The smallest absolute Gasteiger partial charge is 0.267 e. The second-order valence-corrected chi connectivity index (χ2v) is 6.00. The summed E-state index contributed by atoms with van der Waals surface area (Å²) in [5.74, 6) is 2.03. The van der Waals surface area contributed by atoms with Gasteiger partial charge >= 0.3 is 0 Å². The van der Waals surface area contributed by atoms with Crippen molar-refractivity contribution < 1.29 is 4.79 Å². The fraction of sp³-hybridized carbons (Fsp3) is 0.467. The van der Waals surface area contributed by atoms with Gasteiger partial charge in [0.2, 0.25) is 0 Å². The van der Waals surface area contributed by atoms with Crippen molar-refractivity contribution in [3.05, 3.63) is 34.9 Å². The topological polar surface area (TPSA) is 41.5 Å². The van der Waals surface area contributed by atoms with Gasteiger partial charge in [0.05, 0.1) is 0 Å². The number of hydrogen-bond acceptors (Lipinski definition) is 2. The third kappa shape index (κ3) is 2.81. The molecule has 2 bridgehead atoms. The number of carbonyl (C=O) groups excluding carboxylic acids is 1. The van der Waals surface area contributed by atoms with Gasteiger partial charge < -0.3 is 0 Å². The molecule has 3 nitrogen and oxygen atoms in total. The second-order valence-electron chi connectivity index (χ2n) is 5.57. The molecule has 0 saturated heterocycles. The summed E-state index contributed by atoms with van der Waals surface area (Å²) in [7, 11) is 0. The summed E-state index contributed by atoms with van der Waals surface area (Å²) in [5, 5.41) is 4.67. The number of rotatable bonds is 3. The molecular weight excluding hydrogens is 260 g/mol. The first kappa shape index (κ1) is 12.7. The third-order valence-corrected chi connectivity index (χ3v) is 4.55. The van der Waals surface area contributed by atoms with Crippen LogP contribution in [0.25, 0.3) is 0 Å². The van der Waals surface area contributed by atoms with Crippen LogP contribution in [0.5, 0.6) is 0 Å². The number of carbonyl (C=O) groups is 1. The highest BCUT2D eigenvalue weighted by Crippen LogP contribution is 2.47. The van der Waals surface area contributed by atoms with Gasteiger partial charge in [0.15, 0.2) is 0 Å². The minimum absolute atomic E-state index is 0.207. The van der Waals surface area contributed by atoms with Gasteiger partial charge in [-0.15, -0.1) is 0 Å². The Labute approximate surface area is 118 Å². The van der Waals surface area contributed by atoms with E-state index in [1.807, 2.05) is 6.21 Å². The maximum atomic E-state index is 11.8. The first-order valence-electron chi connectivity index (χ1n) is 6.81. The Hall–Kier alpha value is -1.35. The number of nitrogens with one attached hydrogen (secondary N) is 1. The van der Waals surface area contributed by atoms with Crippen LogP contribution in [0.4, 0.5) is 0 Å². The molecule has 3 unspecified atom stereocenters. The highest BCUT2D eigenvalue weighted by molar-refractivity contribution is 6.30. The van der Waals surface area contributed by atoms with Crippen molar-refractivity contribution in [1.82, 2.24) is 5.43 Å². The Balaban J connectivity index is 1.56. The largest absolute Gasteiger partial charge is 0.271 e. The molecule has 2 fully saturated rings. The normalized spacial score (nSPS) is 29.0. The van der Waals surface area contributed by atoms with Crippen molar-refractivity contribution in [2.75, 3.05) is 0 Å². The number of hydrazone groups is 1. The number of halogens is 1. The van der Waals surface area contributed by atoms with Crippen LogP contribution in [-0.2, 0) is 0 Å². The molecule has 3 rings (SSSR count). The molecule has 2 aliphatic carbocycles. The standard InChI is InChI=1S/C15H17ClN2O/c16-14-3-1-2-12(8-14)15(19)18-17-9-13-7-10-4-5-11(13)6-10/h1-3,8-11,13H,4-7H2,(H,18,19). The van der Waals surface area contributed by atoms with Crippen LogP contribution in [-0.4, -0.2) is 12.1 Å². The quantitative estimate of drug-likeness (QED) is 0.666. The molecule has 0 spiro atoms. The van der Waals surface area contributed by atoms with Crippen molar-refractivity contribution in [3.8, 4) is 0 Å². The lowest BCUT2D eigenvalue weighted by molar-refractivity contribution is 0.0955. The van der Waals surface area contributed by atoms with Gasteiger partial charge in [-0.1, -0.05) is 24.1 Å². The molecule has 19 heavy (non-hydrogen) atoms. The second kappa shape index (κ2) is 5.33. The number of amides is 1. The molecule has 0 heterocycles. The summed E-state index contributed by atoms with van der Waals surface area (Å²) < 4.78 is 0. The zero-order valence-electron chi connectivity index (χ0n) is 10.7. The van der Waals surface area contributed by atoms with E-state index >= 15 is 0 Å². The maximum absolute atomic E-state index is 11.8. The summed E-state index contributed by atoms with van der Waals surface area (Å²) in [6.45, 7) is 0. The van der Waals surface area contributed by atoms with Crippen LogP contribution in [0.15, 0.2) is 29.4 Å². The van der Waals surface area contributed by atoms with E-state index in [4.69, 9.17) is 11.6 Å². The van der Waals surface area contributed by atoms with Crippen LogP contribution in [0, 0.1) is 17.8 Å². The zero-order valence-corrected chi connectivity index (χ0v) is 11.4.